The van der Waals surface area contributed by atoms with Crippen LogP contribution in [0.3, 0.4) is 0 Å². The molecule has 0 aliphatic carbocycles. The van der Waals surface area contributed by atoms with Gasteiger partial charge in [0, 0.05) is 43.4 Å². The average molecular weight is 407 g/mol. The standard InChI is InChI=1S/C23H26FN5O/c1-15(6-5-11-25)21-13-22(26-20-8-4-7-19(24)12-20)28-23(27-21)18-10-9-16(2)29(14-18)17(3)30/h4-8,11-13,16,18,25H,1,9-10,14H2,2-3H3,(H,26,27,28)/b6-5-,25-11?/t16-,18-/m1/s1. The Balaban J connectivity index is 1.96. The number of anilines is 2. The van der Waals surface area contributed by atoms with Crippen LogP contribution in [0.5, 0.6) is 0 Å². The van der Waals surface area contributed by atoms with Crippen molar-refractivity contribution in [1.82, 2.24) is 14.9 Å². The van der Waals surface area contributed by atoms with E-state index in [1.807, 2.05) is 4.90 Å². The SMILES string of the molecule is C=C(/C=C\C=N)c1cc(Nc2cccc(F)c2)nc([C@@H]2CC[C@@H](C)N(C(C)=O)C2)n1. The Bertz CT molecular complexity index is 987. The third-order valence-corrected chi connectivity index (χ3v) is 5.21. The Labute approximate surface area is 176 Å². The molecule has 1 aliphatic heterocycles. The predicted octanol–water partition coefficient (Wildman–Crippen LogP) is 4.69. The summed E-state index contributed by atoms with van der Waals surface area (Å²) in [5.74, 6) is 0.843. The van der Waals surface area contributed by atoms with Gasteiger partial charge in [0.1, 0.15) is 17.5 Å². The van der Waals surface area contributed by atoms with Gasteiger partial charge in [-0.05, 0) is 49.6 Å². The molecule has 0 unspecified atom stereocenters. The van der Waals surface area contributed by atoms with Crippen molar-refractivity contribution in [2.45, 2.75) is 38.6 Å². The van der Waals surface area contributed by atoms with Gasteiger partial charge in [-0.3, -0.25) is 4.79 Å². The Hall–Kier alpha value is -3.35. The Morgan fingerprint density at radius 1 is 1.33 bits per heavy atom. The Morgan fingerprint density at radius 2 is 2.13 bits per heavy atom. The molecule has 1 aromatic carbocycles. The van der Waals surface area contributed by atoms with Crippen LogP contribution in [-0.2, 0) is 4.79 Å². The zero-order valence-electron chi connectivity index (χ0n) is 17.2. The minimum Gasteiger partial charge on any atom is -0.340 e. The molecular formula is C23H26FN5O. The van der Waals surface area contributed by atoms with Crippen molar-refractivity contribution in [2.24, 2.45) is 0 Å². The van der Waals surface area contributed by atoms with Crippen molar-refractivity contribution in [1.29, 1.82) is 5.41 Å². The fourth-order valence-electron chi connectivity index (χ4n) is 3.60. The molecule has 2 aromatic rings. The number of piperidine rings is 1. The summed E-state index contributed by atoms with van der Waals surface area (Å²) in [7, 11) is 0. The molecule has 0 spiro atoms. The van der Waals surface area contributed by atoms with Gasteiger partial charge in [0.05, 0.1) is 5.69 Å². The van der Waals surface area contributed by atoms with Crippen LogP contribution in [0.15, 0.2) is 49.1 Å². The maximum absolute atomic E-state index is 13.6. The molecule has 2 N–H and O–H groups in total. The summed E-state index contributed by atoms with van der Waals surface area (Å²) < 4.78 is 13.6. The second-order valence-corrected chi connectivity index (χ2v) is 7.48. The molecule has 3 rings (SSSR count). The number of halogens is 1. The lowest BCUT2D eigenvalue weighted by Gasteiger charge is -2.37. The average Bonchev–Trinajstić information content (AvgIpc) is 2.72. The number of carbonyl (C=O) groups excluding carboxylic acids is 1. The molecule has 1 aliphatic rings. The van der Waals surface area contributed by atoms with Crippen LogP contribution >= 0.6 is 0 Å². The molecule has 0 saturated carbocycles. The van der Waals surface area contributed by atoms with Crippen molar-refractivity contribution in [3.63, 3.8) is 0 Å². The number of nitrogens with zero attached hydrogens (tertiary/aromatic N) is 3. The van der Waals surface area contributed by atoms with Crippen LogP contribution in [-0.4, -0.2) is 39.6 Å². The number of rotatable bonds is 6. The lowest BCUT2D eigenvalue weighted by atomic mass is 9.92. The first kappa shape index (κ1) is 21.4. The lowest BCUT2D eigenvalue weighted by molar-refractivity contribution is -0.132. The molecule has 0 radical (unpaired) electrons. The van der Waals surface area contributed by atoms with Gasteiger partial charge in [0.2, 0.25) is 5.91 Å². The molecule has 0 bridgehead atoms. The van der Waals surface area contributed by atoms with E-state index in [2.05, 4.69) is 23.8 Å². The van der Waals surface area contributed by atoms with Crippen LogP contribution in [0.4, 0.5) is 15.9 Å². The van der Waals surface area contributed by atoms with Crippen molar-refractivity contribution in [2.75, 3.05) is 11.9 Å². The monoisotopic (exact) mass is 407 g/mol. The fraction of sp³-hybridized carbons (Fsp3) is 0.304. The van der Waals surface area contributed by atoms with E-state index in [0.29, 0.717) is 35.1 Å². The second-order valence-electron chi connectivity index (χ2n) is 7.48. The maximum atomic E-state index is 13.6. The first-order chi connectivity index (χ1) is 14.4. The molecule has 7 heteroatoms. The molecule has 156 valence electrons. The predicted molar refractivity (Wildman–Crippen MR) is 117 cm³/mol. The molecule has 1 amide bonds. The van der Waals surface area contributed by atoms with E-state index < -0.39 is 0 Å². The molecule has 2 heterocycles. The minimum atomic E-state index is -0.341. The van der Waals surface area contributed by atoms with Crippen molar-refractivity contribution >= 4 is 29.2 Å². The first-order valence-corrected chi connectivity index (χ1v) is 9.92. The van der Waals surface area contributed by atoms with Crippen LogP contribution < -0.4 is 5.32 Å². The number of carbonyl (C=O) groups is 1. The first-order valence-electron chi connectivity index (χ1n) is 9.92. The fourth-order valence-corrected chi connectivity index (χ4v) is 3.60. The van der Waals surface area contributed by atoms with Gasteiger partial charge < -0.3 is 15.6 Å². The number of aromatic nitrogens is 2. The quantitative estimate of drug-likeness (QED) is 0.537. The van der Waals surface area contributed by atoms with Crippen molar-refractivity contribution in [3.05, 3.63) is 66.4 Å². The Morgan fingerprint density at radius 3 is 2.83 bits per heavy atom. The van der Waals surface area contributed by atoms with Crippen LogP contribution in [0, 0.1) is 11.2 Å². The van der Waals surface area contributed by atoms with Gasteiger partial charge in [0.25, 0.3) is 0 Å². The van der Waals surface area contributed by atoms with E-state index in [1.54, 1.807) is 37.3 Å². The van der Waals surface area contributed by atoms with E-state index in [4.69, 9.17) is 10.4 Å². The highest BCUT2D eigenvalue weighted by Crippen LogP contribution is 2.30. The summed E-state index contributed by atoms with van der Waals surface area (Å²) >= 11 is 0. The van der Waals surface area contributed by atoms with Gasteiger partial charge in [-0.2, -0.15) is 0 Å². The number of amides is 1. The molecule has 1 saturated heterocycles. The lowest BCUT2D eigenvalue weighted by Crippen LogP contribution is -2.44. The van der Waals surface area contributed by atoms with Gasteiger partial charge in [-0.1, -0.05) is 18.7 Å². The number of nitrogens with one attached hydrogen (secondary N) is 2. The summed E-state index contributed by atoms with van der Waals surface area (Å²) in [5.41, 5.74) is 1.83. The van der Waals surface area contributed by atoms with E-state index in [0.717, 1.165) is 12.8 Å². The normalized spacial score (nSPS) is 19.0. The van der Waals surface area contributed by atoms with E-state index in [1.165, 1.54) is 18.3 Å². The summed E-state index contributed by atoms with van der Waals surface area (Å²) in [6, 6.07) is 8.10. The van der Waals surface area contributed by atoms with E-state index in [-0.39, 0.29) is 23.7 Å². The number of likely N-dealkylation sites (tertiary alicyclic amines) is 1. The summed E-state index contributed by atoms with van der Waals surface area (Å²) in [4.78, 5) is 23.2. The highest BCUT2D eigenvalue weighted by Gasteiger charge is 2.30. The van der Waals surface area contributed by atoms with Crippen molar-refractivity contribution in [3.8, 4) is 0 Å². The van der Waals surface area contributed by atoms with Gasteiger partial charge in [-0.25, -0.2) is 14.4 Å². The Kier molecular flexibility index (Phi) is 6.72. The third-order valence-electron chi connectivity index (χ3n) is 5.21. The van der Waals surface area contributed by atoms with Gasteiger partial charge >= 0.3 is 0 Å². The molecule has 1 aromatic heterocycles. The van der Waals surface area contributed by atoms with E-state index in [9.17, 15) is 9.18 Å². The number of hydrogen-bond donors (Lipinski definition) is 2. The highest BCUT2D eigenvalue weighted by atomic mass is 19.1. The third kappa shape index (κ3) is 5.17. The molecule has 2 atom stereocenters. The van der Waals surface area contributed by atoms with Gasteiger partial charge in [0.15, 0.2) is 0 Å². The molecular weight excluding hydrogens is 381 g/mol. The van der Waals surface area contributed by atoms with Crippen LogP contribution in [0.2, 0.25) is 0 Å². The zero-order chi connectivity index (χ0) is 21.7. The molecule has 6 nitrogen and oxygen atoms in total. The topological polar surface area (TPSA) is 82.0 Å². The second kappa shape index (κ2) is 9.43. The number of allylic oxidation sites excluding steroid dienone is 3. The maximum Gasteiger partial charge on any atom is 0.219 e. The zero-order valence-corrected chi connectivity index (χ0v) is 17.2. The van der Waals surface area contributed by atoms with Crippen molar-refractivity contribution < 1.29 is 9.18 Å². The summed E-state index contributed by atoms with van der Waals surface area (Å²) in [6.45, 7) is 8.22. The largest absolute Gasteiger partial charge is 0.340 e. The number of benzene rings is 1. The number of hydrogen-bond acceptors (Lipinski definition) is 5. The summed E-state index contributed by atoms with van der Waals surface area (Å²) in [5, 5.41) is 10.3. The minimum absolute atomic E-state index is 0.00220. The van der Waals surface area contributed by atoms with Crippen LogP contribution in [0.1, 0.15) is 44.1 Å². The smallest absolute Gasteiger partial charge is 0.219 e. The summed E-state index contributed by atoms with van der Waals surface area (Å²) in [6.07, 6.45) is 6.20. The highest BCUT2D eigenvalue weighted by molar-refractivity contribution is 5.78. The van der Waals surface area contributed by atoms with Gasteiger partial charge in [-0.15, -0.1) is 0 Å². The van der Waals surface area contributed by atoms with E-state index >= 15 is 0 Å². The molecule has 30 heavy (non-hydrogen) atoms. The van der Waals surface area contributed by atoms with Crippen LogP contribution in [0.25, 0.3) is 5.57 Å². The molecule has 1 fully saturated rings.